The first kappa shape index (κ1) is 78.6. The quantitative estimate of drug-likeness (QED) is 0.0675. The molecular weight excluding hydrogens is 1410 g/mol. The van der Waals surface area contributed by atoms with Gasteiger partial charge in [0.15, 0.2) is 0 Å². The Bertz CT molecular complexity index is 3900. The highest BCUT2D eigenvalue weighted by Crippen LogP contribution is 2.36. The lowest BCUT2D eigenvalue weighted by molar-refractivity contribution is -0.275. The summed E-state index contributed by atoms with van der Waals surface area (Å²) in [4.78, 5) is 57.7. The number of amidine groups is 2. The maximum atomic E-state index is 13.2. The lowest BCUT2D eigenvalue weighted by Gasteiger charge is -2.34. The molecule has 22 nitrogen and oxygen atoms in total. The Balaban J connectivity index is 0.000000247. The number of hydrogen-bond donors (Lipinski definition) is 4. The zero-order chi connectivity index (χ0) is 72.9. The molecule has 4 aromatic carbocycles. The number of ether oxygens (including phenoxy) is 5. The predicted octanol–water partition coefficient (Wildman–Crippen LogP) is 11.2. The molecule has 6 heterocycles. The Morgan fingerprint density at radius 1 is 0.596 bits per heavy atom. The number of carbonyl (C=O) groups excluding carboxylic acids is 3. The van der Waals surface area contributed by atoms with Gasteiger partial charge in [-0.1, -0.05) is 36.4 Å². The number of nitrogens with zero attached hydrogens (tertiary/aromatic N) is 5. The van der Waals surface area contributed by atoms with Crippen molar-refractivity contribution in [3.63, 3.8) is 0 Å². The topological polar surface area (TPSA) is 273 Å². The summed E-state index contributed by atoms with van der Waals surface area (Å²) in [6, 6.07) is 21.3. The van der Waals surface area contributed by atoms with Crippen LogP contribution in [-0.4, -0.2) is 176 Å². The highest BCUT2D eigenvalue weighted by atomic mass is 35.5. The standard InChI is InChI=1S/C33H39F3N4O7S.C28H31F3N4O5S.C2HF3O2.CH2Cl2/c1-22-20-26(45-25-10-15-39(16-11-25)30(42)47-31(2,3)4)9-8-23(22)12-19-48(43,44)40-17-13-32(14-18-40)29(41)37-28(38-32)24-6-5-7-27(21-24)46-33(34,35)36;1-19-17-23(39-22-7-12-32-13-8-22)6-5-20(19)9-16-41(37,38)35-14-10-27(11-15-35)26(36)33-25(34-27)21-3-2-4-24(18-21)40-28(29,30)31;3-2(4,5)1(6)7;2-1-3/h5-9,12,19-21,25H,10-11,13-18H2,1-4H3,(H,37,38,41);2-6,9,16-18,22,32H,7-8,10-15H2,1H3,(H,33,34,36);(H,6,7);1H2/b19-12+;16-9+;;. The van der Waals surface area contributed by atoms with Crippen LogP contribution < -0.4 is 34.9 Å². The van der Waals surface area contributed by atoms with Crippen molar-refractivity contribution in [2.45, 2.75) is 134 Å². The van der Waals surface area contributed by atoms with E-state index in [4.69, 9.17) is 47.3 Å². The number of rotatable bonds is 14. The zero-order valence-electron chi connectivity index (χ0n) is 54.0. The molecule has 0 atom stereocenters. The lowest BCUT2D eigenvalue weighted by Crippen LogP contribution is -2.50. The molecule has 4 saturated heterocycles. The van der Waals surface area contributed by atoms with E-state index in [1.807, 2.05) is 58.9 Å². The minimum absolute atomic E-state index is 0.0343. The summed E-state index contributed by atoms with van der Waals surface area (Å²) in [5.41, 5.74) is 0.693. The van der Waals surface area contributed by atoms with Crippen molar-refractivity contribution < 1.29 is 104 Å². The molecule has 99 heavy (non-hydrogen) atoms. The third kappa shape index (κ3) is 22.9. The van der Waals surface area contributed by atoms with Crippen LogP contribution in [0.2, 0.25) is 0 Å². The van der Waals surface area contributed by atoms with Gasteiger partial charge in [-0.25, -0.2) is 26.4 Å². The Labute approximate surface area is 575 Å². The van der Waals surface area contributed by atoms with E-state index in [9.17, 15) is 70.7 Å². The number of carboxylic acid groups (broad SMARTS) is 1. The Morgan fingerprint density at radius 3 is 1.31 bits per heavy atom. The molecule has 0 aliphatic carbocycles. The van der Waals surface area contributed by atoms with E-state index in [1.54, 1.807) is 23.1 Å². The van der Waals surface area contributed by atoms with Crippen LogP contribution >= 0.6 is 23.2 Å². The molecule has 0 unspecified atom stereocenters. The Hall–Kier alpha value is -7.69. The third-order valence-corrected chi connectivity index (χ3v) is 19.1. The van der Waals surface area contributed by atoms with Crippen molar-refractivity contribution in [3.05, 3.63) is 129 Å². The predicted molar refractivity (Wildman–Crippen MR) is 349 cm³/mol. The molecule has 0 saturated carbocycles. The van der Waals surface area contributed by atoms with Gasteiger partial charge >= 0.3 is 31.0 Å². The van der Waals surface area contributed by atoms with E-state index in [1.165, 1.54) is 39.0 Å². The molecule has 6 aliphatic rings. The molecular formula is C64H73Cl2F9N8O14S2. The summed E-state index contributed by atoms with van der Waals surface area (Å²) >= 11 is 9.53. The number of aliphatic imine (C=N–C) groups is 2. The maximum absolute atomic E-state index is 13.2. The Morgan fingerprint density at radius 2 is 0.970 bits per heavy atom. The fraction of sp³-hybridized carbons (Fsp3) is 0.469. The van der Waals surface area contributed by atoms with E-state index in [2.05, 4.69) is 35.4 Å². The first-order valence-corrected chi connectivity index (χ1v) is 34.8. The van der Waals surface area contributed by atoms with Gasteiger partial charge in [-0.15, -0.1) is 49.5 Å². The summed E-state index contributed by atoms with van der Waals surface area (Å²) in [6.07, 6.45) is -8.28. The minimum atomic E-state index is -5.08. The van der Waals surface area contributed by atoms with Crippen LogP contribution in [0.15, 0.2) is 106 Å². The fourth-order valence-electron chi connectivity index (χ4n) is 11.0. The number of aliphatic carboxylic acids is 1. The molecule has 35 heteroatoms. The van der Waals surface area contributed by atoms with Crippen LogP contribution in [0, 0.1) is 13.8 Å². The molecule has 10 rings (SSSR count). The monoisotopic (exact) mass is 1480 g/mol. The number of carboxylic acids is 1. The lowest BCUT2D eigenvalue weighted by atomic mass is 9.89. The van der Waals surface area contributed by atoms with Crippen LogP contribution in [0.5, 0.6) is 23.0 Å². The third-order valence-electron chi connectivity index (χ3n) is 16.0. The average Bonchev–Trinajstić information content (AvgIpc) is 1.66. The van der Waals surface area contributed by atoms with Gasteiger partial charge in [0.25, 0.3) is 11.8 Å². The summed E-state index contributed by atoms with van der Waals surface area (Å²) in [7, 11) is -7.60. The zero-order valence-corrected chi connectivity index (χ0v) is 57.2. The highest BCUT2D eigenvalue weighted by Gasteiger charge is 2.49. The number of piperidine rings is 4. The number of alkyl halides is 11. The number of carbonyl (C=O) groups is 4. The van der Waals surface area contributed by atoms with Crippen LogP contribution in [-0.2, 0) is 39.2 Å². The van der Waals surface area contributed by atoms with Crippen molar-refractivity contribution in [2.75, 3.05) is 57.7 Å². The van der Waals surface area contributed by atoms with Gasteiger partial charge in [-0.05, 0) is 169 Å². The van der Waals surface area contributed by atoms with Crippen molar-refractivity contribution in [2.24, 2.45) is 9.98 Å². The van der Waals surface area contributed by atoms with Crippen molar-refractivity contribution >= 4 is 90.9 Å². The van der Waals surface area contributed by atoms with E-state index in [0.717, 1.165) is 83.5 Å². The number of aryl methyl sites for hydroxylation is 2. The number of likely N-dealkylation sites (tertiary alicyclic amines) is 1. The van der Waals surface area contributed by atoms with Gasteiger partial charge in [-0.2, -0.15) is 21.8 Å². The SMILES string of the molecule is Cc1cc(OC2CCN(C(=O)OC(C)(C)C)CC2)ccc1/C=C/S(=O)(=O)N1CCC2(CC1)N=C(c1cccc(OC(F)(F)F)c1)NC2=O.Cc1cc(OC2CCNCC2)ccc1/C=C/S(=O)(=O)N1CCC2(CC1)N=C(c1cccc(OC(F)(F)F)c1)NC2=O.ClCCl.O=C(O)C(F)(F)F. The molecule has 4 N–H and O–H groups in total. The maximum Gasteiger partial charge on any atom is 0.573 e. The first-order chi connectivity index (χ1) is 46.2. The smallest absolute Gasteiger partial charge is 0.490 e. The summed E-state index contributed by atoms with van der Waals surface area (Å²) in [5, 5.41) is 18.2. The normalized spacial score (nSPS) is 18.8. The largest absolute Gasteiger partial charge is 0.573 e. The summed E-state index contributed by atoms with van der Waals surface area (Å²) in [6.45, 7) is 12.3. The number of halogens is 11. The molecule has 542 valence electrons. The number of sulfonamides is 2. The second kappa shape index (κ2) is 32.7. The second-order valence-electron chi connectivity index (χ2n) is 24.3. The Kier molecular flexibility index (Phi) is 26.0. The molecule has 2 spiro atoms. The minimum Gasteiger partial charge on any atom is -0.490 e. The van der Waals surface area contributed by atoms with Gasteiger partial charge in [-0.3, -0.25) is 19.6 Å². The number of hydrogen-bond acceptors (Lipinski definition) is 16. The first-order valence-electron chi connectivity index (χ1n) is 30.8. The van der Waals surface area contributed by atoms with Crippen LogP contribution in [0.4, 0.5) is 44.3 Å². The molecule has 0 bridgehead atoms. The van der Waals surface area contributed by atoms with Gasteiger partial charge in [0, 0.05) is 74.1 Å². The number of nitrogens with one attached hydrogen (secondary N) is 3. The molecule has 4 aromatic rings. The van der Waals surface area contributed by atoms with Gasteiger partial charge in [0.05, 0.1) is 5.34 Å². The van der Waals surface area contributed by atoms with Gasteiger partial charge < -0.3 is 49.6 Å². The number of amides is 3. The molecule has 6 aliphatic heterocycles. The molecule has 0 radical (unpaired) electrons. The van der Waals surface area contributed by atoms with Crippen molar-refractivity contribution in [1.82, 2.24) is 29.5 Å². The van der Waals surface area contributed by atoms with E-state index >= 15 is 0 Å². The molecule has 4 fully saturated rings. The average molecular weight is 1480 g/mol. The molecule has 0 aromatic heterocycles. The van der Waals surface area contributed by atoms with Crippen LogP contribution in [0.3, 0.4) is 0 Å². The van der Waals surface area contributed by atoms with Crippen molar-refractivity contribution in [1.29, 1.82) is 0 Å². The van der Waals surface area contributed by atoms with Crippen LogP contribution in [0.1, 0.15) is 106 Å². The number of benzene rings is 4. The van der Waals surface area contributed by atoms with E-state index in [-0.39, 0.29) is 98.3 Å². The van der Waals surface area contributed by atoms with E-state index in [0.29, 0.717) is 37.2 Å². The van der Waals surface area contributed by atoms with Gasteiger partial charge in [0.1, 0.15) is 63.6 Å². The van der Waals surface area contributed by atoms with E-state index < -0.39 is 84.9 Å². The second-order valence-corrected chi connectivity index (χ2v) is 28.8. The summed E-state index contributed by atoms with van der Waals surface area (Å²) < 4.78 is 188. The molecule has 3 amide bonds. The fourth-order valence-corrected chi connectivity index (χ4v) is 13.3. The summed E-state index contributed by atoms with van der Waals surface area (Å²) in [5.74, 6) is -2.83. The van der Waals surface area contributed by atoms with Crippen molar-refractivity contribution in [3.8, 4) is 23.0 Å². The van der Waals surface area contributed by atoms with Gasteiger partial charge in [0.2, 0.25) is 20.0 Å². The van der Waals surface area contributed by atoms with Crippen LogP contribution in [0.25, 0.3) is 12.2 Å². The highest BCUT2D eigenvalue weighted by molar-refractivity contribution is 7.92.